The molecule has 1 atom stereocenters. The molecule has 1 aromatic rings. The molecule has 94 valence electrons. The van der Waals surface area contributed by atoms with Crippen molar-refractivity contribution in [3.05, 3.63) is 29.6 Å². The molecule has 0 spiro atoms. The highest BCUT2D eigenvalue weighted by atomic mass is 19.1. The molecule has 0 radical (unpaired) electrons. The van der Waals surface area contributed by atoms with Gasteiger partial charge in [0.1, 0.15) is 11.6 Å². The third-order valence-electron chi connectivity index (χ3n) is 3.27. The summed E-state index contributed by atoms with van der Waals surface area (Å²) in [6.45, 7) is 1.63. The van der Waals surface area contributed by atoms with E-state index in [0.29, 0.717) is 11.3 Å². The van der Waals surface area contributed by atoms with E-state index in [1.54, 1.807) is 13.0 Å². The van der Waals surface area contributed by atoms with Gasteiger partial charge in [-0.25, -0.2) is 4.39 Å². The molecular weight excluding hydrogens is 219 g/mol. The number of benzene rings is 1. The summed E-state index contributed by atoms with van der Waals surface area (Å²) in [5.41, 5.74) is 0.538. The zero-order valence-corrected chi connectivity index (χ0v) is 10.2. The fourth-order valence-electron chi connectivity index (χ4n) is 2.32. The fourth-order valence-corrected chi connectivity index (χ4v) is 2.32. The quantitative estimate of drug-likeness (QED) is 0.872. The molecule has 1 aromatic carbocycles. The van der Waals surface area contributed by atoms with Crippen LogP contribution in [-0.2, 0) is 0 Å². The van der Waals surface area contributed by atoms with Gasteiger partial charge in [0.2, 0.25) is 0 Å². The van der Waals surface area contributed by atoms with Crippen molar-refractivity contribution in [1.29, 1.82) is 0 Å². The fraction of sp³-hybridized carbons (Fsp3) is 0.571. The lowest BCUT2D eigenvalue weighted by Crippen LogP contribution is -2.20. The smallest absolute Gasteiger partial charge is 0.125 e. The van der Waals surface area contributed by atoms with Crippen molar-refractivity contribution < 1.29 is 14.2 Å². The van der Waals surface area contributed by atoms with E-state index in [0.717, 1.165) is 12.8 Å². The molecule has 0 heterocycles. The van der Waals surface area contributed by atoms with E-state index in [1.807, 2.05) is 0 Å². The summed E-state index contributed by atoms with van der Waals surface area (Å²) in [5, 5.41) is 9.61. The minimum absolute atomic E-state index is 0.215. The number of rotatable bonds is 3. The maximum atomic E-state index is 13.1. The molecule has 0 aromatic heterocycles. The lowest BCUT2D eigenvalue weighted by molar-refractivity contribution is 0.142. The van der Waals surface area contributed by atoms with Crippen LogP contribution in [0, 0.1) is 5.82 Å². The van der Waals surface area contributed by atoms with Gasteiger partial charge in [0.15, 0.2) is 0 Å². The van der Waals surface area contributed by atoms with Crippen molar-refractivity contribution in [2.75, 3.05) is 0 Å². The van der Waals surface area contributed by atoms with Crippen molar-refractivity contribution in [2.24, 2.45) is 0 Å². The van der Waals surface area contributed by atoms with Crippen LogP contribution >= 0.6 is 0 Å². The molecule has 2 rings (SSSR count). The highest BCUT2D eigenvalue weighted by Gasteiger charge is 2.18. The van der Waals surface area contributed by atoms with Crippen LogP contribution in [-0.4, -0.2) is 11.2 Å². The molecule has 0 saturated heterocycles. The van der Waals surface area contributed by atoms with E-state index in [1.165, 1.54) is 31.4 Å². The first-order chi connectivity index (χ1) is 8.16. The summed E-state index contributed by atoms with van der Waals surface area (Å²) in [6, 6.07) is 4.35. The van der Waals surface area contributed by atoms with Gasteiger partial charge in [-0.2, -0.15) is 0 Å². The molecule has 0 unspecified atom stereocenters. The second kappa shape index (κ2) is 5.50. The topological polar surface area (TPSA) is 29.5 Å². The number of halogens is 1. The molecule has 1 N–H and O–H groups in total. The zero-order valence-electron chi connectivity index (χ0n) is 10.2. The summed E-state index contributed by atoms with van der Waals surface area (Å²) in [5.74, 6) is 0.283. The van der Waals surface area contributed by atoms with E-state index < -0.39 is 6.10 Å². The SMILES string of the molecule is C[C@H](O)c1cc(F)ccc1OC1CCCCC1. The van der Waals surface area contributed by atoms with Crippen LogP contribution < -0.4 is 4.74 Å². The summed E-state index contributed by atoms with van der Waals surface area (Å²) in [6.07, 6.45) is 5.27. The van der Waals surface area contributed by atoms with Crippen LogP contribution in [0.25, 0.3) is 0 Å². The summed E-state index contributed by atoms with van der Waals surface area (Å²) in [7, 11) is 0. The van der Waals surface area contributed by atoms with Gasteiger partial charge in [0.05, 0.1) is 12.2 Å². The van der Waals surface area contributed by atoms with Crippen molar-refractivity contribution >= 4 is 0 Å². The Labute approximate surface area is 101 Å². The first-order valence-electron chi connectivity index (χ1n) is 6.31. The summed E-state index contributed by atoms with van der Waals surface area (Å²) < 4.78 is 19.0. The van der Waals surface area contributed by atoms with E-state index in [2.05, 4.69) is 0 Å². The van der Waals surface area contributed by atoms with E-state index in [-0.39, 0.29) is 11.9 Å². The summed E-state index contributed by atoms with van der Waals surface area (Å²) in [4.78, 5) is 0. The van der Waals surface area contributed by atoms with E-state index in [9.17, 15) is 9.50 Å². The number of aliphatic hydroxyl groups excluding tert-OH is 1. The highest BCUT2D eigenvalue weighted by molar-refractivity contribution is 5.35. The van der Waals surface area contributed by atoms with Gasteiger partial charge < -0.3 is 9.84 Å². The average Bonchev–Trinajstić information content (AvgIpc) is 2.32. The Morgan fingerprint density at radius 3 is 2.65 bits per heavy atom. The second-order valence-corrected chi connectivity index (χ2v) is 4.74. The van der Waals surface area contributed by atoms with Gasteiger partial charge in [-0.1, -0.05) is 6.42 Å². The van der Waals surface area contributed by atoms with Gasteiger partial charge in [0.25, 0.3) is 0 Å². The van der Waals surface area contributed by atoms with Crippen LogP contribution in [0.2, 0.25) is 0 Å². The molecule has 1 saturated carbocycles. The minimum Gasteiger partial charge on any atom is -0.490 e. The first-order valence-corrected chi connectivity index (χ1v) is 6.31. The van der Waals surface area contributed by atoms with Crippen LogP contribution in [0.5, 0.6) is 5.75 Å². The van der Waals surface area contributed by atoms with Gasteiger partial charge in [0, 0.05) is 5.56 Å². The van der Waals surface area contributed by atoms with Crippen molar-refractivity contribution in [3.8, 4) is 5.75 Å². The molecule has 2 nitrogen and oxygen atoms in total. The molecular formula is C14H19FO2. The number of hydrogen-bond donors (Lipinski definition) is 1. The van der Waals surface area contributed by atoms with Gasteiger partial charge in [-0.05, 0) is 50.8 Å². The zero-order chi connectivity index (χ0) is 12.3. The predicted molar refractivity (Wildman–Crippen MR) is 64.5 cm³/mol. The van der Waals surface area contributed by atoms with Crippen LogP contribution in [0.4, 0.5) is 4.39 Å². The maximum Gasteiger partial charge on any atom is 0.125 e. The second-order valence-electron chi connectivity index (χ2n) is 4.74. The molecule has 0 aliphatic heterocycles. The Bertz CT molecular complexity index is 370. The Morgan fingerprint density at radius 1 is 1.29 bits per heavy atom. The van der Waals surface area contributed by atoms with Crippen LogP contribution in [0.15, 0.2) is 18.2 Å². The third-order valence-corrected chi connectivity index (χ3v) is 3.27. The number of ether oxygens (including phenoxy) is 1. The lowest BCUT2D eigenvalue weighted by atomic mass is 9.97. The monoisotopic (exact) mass is 238 g/mol. The van der Waals surface area contributed by atoms with E-state index >= 15 is 0 Å². The third kappa shape index (κ3) is 3.19. The molecule has 1 aliphatic carbocycles. The van der Waals surface area contributed by atoms with Crippen LogP contribution in [0.1, 0.15) is 50.7 Å². The van der Waals surface area contributed by atoms with Gasteiger partial charge in [-0.15, -0.1) is 0 Å². The normalized spacial score (nSPS) is 19.0. The number of aliphatic hydroxyl groups is 1. The van der Waals surface area contributed by atoms with Crippen molar-refractivity contribution in [1.82, 2.24) is 0 Å². The molecule has 17 heavy (non-hydrogen) atoms. The van der Waals surface area contributed by atoms with E-state index in [4.69, 9.17) is 4.74 Å². The largest absolute Gasteiger partial charge is 0.490 e. The summed E-state index contributed by atoms with van der Waals surface area (Å²) >= 11 is 0. The van der Waals surface area contributed by atoms with Gasteiger partial charge >= 0.3 is 0 Å². The van der Waals surface area contributed by atoms with Crippen molar-refractivity contribution in [2.45, 2.75) is 51.2 Å². The Hall–Kier alpha value is -1.09. The first kappa shape index (κ1) is 12.4. The molecule has 1 aliphatic rings. The molecule has 0 bridgehead atoms. The highest BCUT2D eigenvalue weighted by Crippen LogP contribution is 2.30. The predicted octanol–water partition coefficient (Wildman–Crippen LogP) is 3.59. The van der Waals surface area contributed by atoms with Crippen LogP contribution in [0.3, 0.4) is 0 Å². The standard InChI is InChI=1S/C14H19FO2/c1-10(16)13-9-11(15)7-8-14(13)17-12-5-3-2-4-6-12/h7-10,12,16H,2-6H2,1H3/t10-/m0/s1. The Morgan fingerprint density at radius 2 is 2.00 bits per heavy atom. The Balaban J connectivity index is 2.13. The number of hydrogen-bond acceptors (Lipinski definition) is 2. The Kier molecular flexibility index (Phi) is 4.00. The molecule has 3 heteroatoms. The molecule has 1 fully saturated rings. The maximum absolute atomic E-state index is 13.1. The minimum atomic E-state index is -0.704. The van der Waals surface area contributed by atoms with Gasteiger partial charge in [-0.3, -0.25) is 0 Å². The van der Waals surface area contributed by atoms with Crippen molar-refractivity contribution in [3.63, 3.8) is 0 Å². The average molecular weight is 238 g/mol. The molecule has 0 amide bonds. The lowest BCUT2D eigenvalue weighted by Gasteiger charge is -2.24.